The van der Waals surface area contributed by atoms with Crippen molar-refractivity contribution in [1.29, 1.82) is 0 Å². The summed E-state index contributed by atoms with van der Waals surface area (Å²) in [7, 11) is -2.19. The van der Waals surface area contributed by atoms with Crippen LogP contribution in [0.15, 0.2) is 23.1 Å². The minimum absolute atomic E-state index is 0.00532. The second-order valence-electron chi connectivity index (χ2n) is 9.27. The van der Waals surface area contributed by atoms with Crippen molar-refractivity contribution in [3.05, 3.63) is 23.8 Å². The van der Waals surface area contributed by atoms with Gasteiger partial charge in [0.05, 0.1) is 13.2 Å². The van der Waals surface area contributed by atoms with Gasteiger partial charge >= 0.3 is 0 Å². The number of benzene rings is 1. The summed E-state index contributed by atoms with van der Waals surface area (Å²) in [6, 6.07) is 3.96. The molecular weight excluding hydrogens is 444 g/mol. The van der Waals surface area contributed by atoms with Crippen LogP contribution in [-0.2, 0) is 14.8 Å². The third-order valence-corrected chi connectivity index (χ3v) is 8.15. The van der Waals surface area contributed by atoms with Gasteiger partial charge in [-0.3, -0.25) is 4.79 Å². The molecule has 0 unspecified atom stereocenters. The Morgan fingerprint density at radius 1 is 1.33 bits per heavy atom. The first-order valence-corrected chi connectivity index (χ1v) is 12.8. The van der Waals surface area contributed by atoms with Crippen LogP contribution in [0.5, 0.6) is 5.75 Å². The van der Waals surface area contributed by atoms with Crippen molar-refractivity contribution in [2.75, 3.05) is 26.7 Å². The van der Waals surface area contributed by atoms with Gasteiger partial charge in [-0.1, -0.05) is 18.8 Å². The maximum absolute atomic E-state index is 13.5. The zero-order valence-corrected chi connectivity index (χ0v) is 20.5. The normalized spacial score (nSPS) is 24.2. The number of aliphatic hydroxyl groups is 2. The molecule has 8 nitrogen and oxygen atoms in total. The number of likely N-dealkylation sites (N-methyl/N-ethyl adjacent to an activating group) is 1. The van der Waals surface area contributed by atoms with E-state index >= 15 is 0 Å². The monoisotopic (exact) mass is 478 g/mol. The van der Waals surface area contributed by atoms with Crippen molar-refractivity contribution in [2.24, 2.45) is 11.8 Å². The second-order valence-corrected chi connectivity index (χ2v) is 11.1. The lowest BCUT2D eigenvalue weighted by atomic mass is 10.0. The summed E-state index contributed by atoms with van der Waals surface area (Å²) < 4.78 is 34.5. The van der Waals surface area contributed by atoms with Crippen molar-refractivity contribution < 1.29 is 28.2 Å². The van der Waals surface area contributed by atoms with Crippen molar-refractivity contribution in [2.45, 2.75) is 63.2 Å². The lowest BCUT2D eigenvalue weighted by molar-refractivity contribution is -0.131. The molecule has 1 heterocycles. The lowest BCUT2D eigenvalue weighted by Crippen LogP contribution is -2.50. The molecule has 4 atom stereocenters. The van der Waals surface area contributed by atoms with Crippen LogP contribution in [0, 0.1) is 23.7 Å². The van der Waals surface area contributed by atoms with Gasteiger partial charge in [0.25, 0.3) is 0 Å². The Bertz CT molecular complexity index is 1030. The second kappa shape index (κ2) is 10.4. The summed E-state index contributed by atoms with van der Waals surface area (Å²) in [6.45, 7) is 5.25. The zero-order chi connectivity index (χ0) is 24.3. The SMILES string of the molecule is C[C@H](O)C#Cc1ccc2c(c1)O[C@H](CN(C)C(=O)CC1CC1)[C@H](C)CN([C@H](C)CO)S2(=O)=O. The molecule has 1 aromatic rings. The summed E-state index contributed by atoms with van der Waals surface area (Å²) in [6.07, 6.45) is 1.42. The summed E-state index contributed by atoms with van der Waals surface area (Å²) in [5.41, 5.74) is 0.511. The van der Waals surface area contributed by atoms with Gasteiger partial charge in [0, 0.05) is 37.5 Å². The first kappa shape index (κ1) is 25.5. The van der Waals surface area contributed by atoms with Crippen LogP contribution in [0.3, 0.4) is 0 Å². The van der Waals surface area contributed by atoms with Crippen LogP contribution in [-0.4, -0.2) is 78.7 Å². The van der Waals surface area contributed by atoms with E-state index in [-0.39, 0.29) is 35.6 Å². The average molecular weight is 479 g/mol. The van der Waals surface area contributed by atoms with Crippen LogP contribution >= 0.6 is 0 Å². The molecule has 2 N–H and O–H groups in total. The fourth-order valence-electron chi connectivity index (χ4n) is 3.81. The van der Waals surface area contributed by atoms with Crippen molar-refractivity contribution in [3.63, 3.8) is 0 Å². The molecule has 1 saturated carbocycles. The van der Waals surface area contributed by atoms with Crippen LogP contribution in [0.1, 0.15) is 45.6 Å². The van der Waals surface area contributed by atoms with E-state index in [1.165, 1.54) is 10.4 Å². The van der Waals surface area contributed by atoms with E-state index in [4.69, 9.17) is 4.74 Å². The Morgan fingerprint density at radius 2 is 2.03 bits per heavy atom. The molecule has 0 saturated heterocycles. The molecular formula is C24H34N2O6S. The first-order chi connectivity index (χ1) is 15.5. The fraction of sp³-hybridized carbons (Fsp3) is 0.625. The molecule has 0 spiro atoms. The van der Waals surface area contributed by atoms with Crippen molar-refractivity contribution >= 4 is 15.9 Å². The molecule has 182 valence electrons. The highest BCUT2D eigenvalue weighted by atomic mass is 32.2. The van der Waals surface area contributed by atoms with Crippen molar-refractivity contribution in [1.82, 2.24) is 9.21 Å². The smallest absolute Gasteiger partial charge is 0.247 e. The number of carbonyl (C=O) groups is 1. The van der Waals surface area contributed by atoms with E-state index in [2.05, 4.69) is 11.8 Å². The molecule has 2 aliphatic rings. The summed E-state index contributed by atoms with van der Waals surface area (Å²) in [5, 5.41) is 19.2. The molecule has 0 radical (unpaired) electrons. The molecule has 1 amide bonds. The third kappa shape index (κ3) is 6.27. The maximum Gasteiger partial charge on any atom is 0.247 e. The van der Waals surface area contributed by atoms with Crippen molar-refractivity contribution in [3.8, 4) is 17.6 Å². The number of carbonyl (C=O) groups excluding carboxylic acids is 1. The molecule has 1 aliphatic heterocycles. The number of sulfonamides is 1. The van der Waals surface area contributed by atoms with E-state index < -0.39 is 28.3 Å². The van der Waals surface area contributed by atoms with Gasteiger partial charge in [-0.2, -0.15) is 4.31 Å². The molecule has 0 bridgehead atoms. The number of hydrogen-bond acceptors (Lipinski definition) is 6. The topological polar surface area (TPSA) is 107 Å². The summed E-state index contributed by atoms with van der Waals surface area (Å²) in [5.74, 6) is 5.91. The van der Waals surface area contributed by atoms with Gasteiger partial charge in [0.1, 0.15) is 22.9 Å². The van der Waals surface area contributed by atoms with Gasteiger partial charge < -0.3 is 19.8 Å². The number of aliphatic hydroxyl groups excluding tert-OH is 2. The summed E-state index contributed by atoms with van der Waals surface area (Å²) >= 11 is 0. The molecule has 9 heteroatoms. The Balaban J connectivity index is 1.99. The molecule has 0 aromatic heterocycles. The minimum atomic E-state index is -3.94. The highest BCUT2D eigenvalue weighted by molar-refractivity contribution is 7.89. The Morgan fingerprint density at radius 3 is 2.64 bits per heavy atom. The van der Waals surface area contributed by atoms with Gasteiger partial charge in [0.2, 0.25) is 15.9 Å². The summed E-state index contributed by atoms with van der Waals surface area (Å²) in [4.78, 5) is 14.2. The van der Waals surface area contributed by atoms with Gasteiger partial charge in [-0.05, 0) is 50.8 Å². The molecule has 1 aliphatic carbocycles. The van der Waals surface area contributed by atoms with Crippen LogP contribution < -0.4 is 4.74 Å². The predicted molar refractivity (Wildman–Crippen MR) is 124 cm³/mol. The quantitative estimate of drug-likeness (QED) is 0.600. The van der Waals surface area contributed by atoms with E-state index in [9.17, 15) is 23.4 Å². The third-order valence-electron chi connectivity index (χ3n) is 6.13. The molecule has 1 aromatic carbocycles. The highest BCUT2D eigenvalue weighted by Crippen LogP contribution is 2.35. The Hall–Kier alpha value is -2.12. The molecule has 1 fully saturated rings. The molecule has 33 heavy (non-hydrogen) atoms. The number of fused-ring (bicyclic) bond motifs is 1. The van der Waals surface area contributed by atoms with E-state index in [1.807, 2.05) is 6.92 Å². The lowest BCUT2D eigenvalue weighted by Gasteiger charge is -2.37. The van der Waals surface area contributed by atoms with Gasteiger partial charge in [-0.15, -0.1) is 0 Å². The largest absolute Gasteiger partial charge is 0.487 e. The van der Waals surface area contributed by atoms with E-state index in [0.717, 1.165) is 12.8 Å². The van der Waals surface area contributed by atoms with Crippen LogP contribution in [0.25, 0.3) is 0 Å². The Kier molecular flexibility index (Phi) is 8.06. The zero-order valence-electron chi connectivity index (χ0n) is 19.7. The fourth-order valence-corrected chi connectivity index (χ4v) is 5.63. The van der Waals surface area contributed by atoms with Gasteiger partial charge in [-0.25, -0.2) is 8.42 Å². The molecule has 3 rings (SSSR count). The number of hydrogen-bond donors (Lipinski definition) is 2. The highest BCUT2D eigenvalue weighted by Gasteiger charge is 2.38. The predicted octanol–water partition coefficient (Wildman–Crippen LogP) is 1.45. The van der Waals surface area contributed by atoms with E-state index in [0.29, 0.717) is 24.4 Å². The van der Waals surface area contributed by atoms with Gasteiger partial charge in [0.15, 0.2) is 0 Å². The Labute approximate surface area is 196 Å². The number of amides is 1. The maximum atomic E-state index is 13.5. The van der Waals surface area contributed by atoms with Crippen LogP contribution in [0.4, 0.5) is 0 Å². The minimum Gasteiger partial charge on any atom is -0.487 e. The average Bonchev–Trinajstić information content (AvgIpc) is 3.57. The number of ether oxygens (including phenoxy) is 1. The van der Waals surface area contributed by atoms with E-state index in [1.54, 1.807) is 37.9 Å². The number of nitrogens with zero attached hydrogens (tertiary/aromatic N) is 2. The standard InChI is InChI=1S/C24H34N2O6S/c1-16-13-26(17(2)15-27)33(30,31)23-10-9-19(6-5-18(3)28)11-21(23)32-22(16)14-25(4)24(29)12-20-7-8-20/h9-11,16-18,20,22,27-28H,7-8,12-15H2,1-4H3/t16-,17-,18+,22-/m1/s1. The number of rotatable bonds is 6. The van der Waals surface area contributed by atoms with Crippen LogP contribution in [0.2, 0.25) is 0 Å². The first-order valence-electron chi connectivity index (χ1n) is 11.4.